The number of thioether (sulfide) groups is 1. The third kappa shape index (κ3) is 3.96. The first kappa shape index (κ1) is 14.9. The Morgan fingerprint density at radius 2 is 1.89 bits per heavy atom. The molecule has 1 aromatic heterocycles. The van der Waals surface area contributed by atoms with Crippen LogP contribution < -0.4 is 5.32 Å². The molecule has 0 spiro atoms. The van der Waals surface area contributed by atoms with E-state index < -0.39 is 0 Å². The monoisotopic (exact) mass is 312 g/mol. The van der Waals surface area contributed by atoms with Crippen LogP contribution in [0.1, 0.15) is 12.8 Å². The summed E-state index contributed by atoms with van der Waals surface area (Å²) < 4.78 is 1.21. The van der Waals surface area contributed by atoms with Gasteiger partial charge < -0.3 is 5.32 Å². The largest absolute Gasteiger partial charge is 0.317 e. The summed E-state index contributed by atoms with van der Waals surface area (Å²) >= 11 is 3.72. The van der Waals surface area contributed by atoms with Crippen LogP contribution in [0.25, 0.3) is 11.3 Å². The second kappa shape index (κ2) is 7.29. The predicted octanol–water partition coefficient (Wildman–Crippen LogP) is 4.08. The molecule has 19 heavy (non-hydrogen) atoms. The Bertz CT molecular complexity index is 495. The van der Waals surface area contributed by atoms with Crippen molar-refractivity contribution in [3.05, 3.63) is 35.7 Å². The van der Waals surface area contributed by atoms with Gasteiger partial charge in [-0.25, -0.2) is 4.98 Å². The van der Waals surface area contributed by atoms with Gasteiger partial charge in [0.25, 0.3) is 0 Å². The standard InChI is InChI=1S/C14H16N2S2.ClH/c1-2-4-11(5-3-1)13-10-17-14(16-13)18-12-6-8-15-9-7-12;/h1-5,10,12,15H,6-9H2;1H. The van der Waals surface area contributed by atoms with E-state index in [-0.39, 0.29) is 12.4 Å². The highest BCUT2D eigenvalue weighted by Gasteiger charge is 2.16. The van der Waals surface area contributed by atoms with Crippen molar-refractivity contribution in [2.75, 3.05) is 13.1 Å². The van der Waals surface area contributed by atoms with E-state index >= 15 is 0 Å². The van der Waals surface area contributed by atoms with Crippen molar-refractivity contribution in [1.29, 1.82) is 0 Å². The molecule has 1 N–H and O–H groups in total. The van der Waals surface area contributed by atoms with Crippen LogP contribution in [0.15, 0.2) is 40.1 Å². The van der Waals surface area contributed by atoms with Gasteiger partial charge in [0, 0.05) is 16.2 Å². The maximum absolute atomic E-state index is 4.74. The van der Waals surface area contributed by atoms with E-state index in [9.17, 15) is 0 Å². The Morgan fingerprint density at radius 3 is 2.63 bits per heavy atom. The number of benzene rings is 1. The van der Waals surface area contributed by atoms with Crippen LogP contribution in [-0.2, 0) is 0 Å². The van der Waals surface area contributed by atoms with E-state index in [1.54, 1.807) is 11.3 Å². The molecule has 5 heteroatoms. The highest BCUT2D eigenvalue weighted by molar-refractivity contribution is 8.01. The Hall–Kier alpha value is -0.550. The van der Waals surface area contributed by atoms with Crippen molar-refractivity contribution in [3.8, 4) is 11.3 Å². The predicted molar refractivity (Wildman–Crippen MR) is 86.5 cm³/mol. The highest BCUT2D eigenvalue weighted by atomic mass is 35.5. The number of nitrogens with zero attached hydrogens (tertiary/aromatic N) is 1. The highest BCUT2D eigenvalue weighted by Crippen LogP contribution is 2.33. The van der Waals surface area contributed by atoms with E-state index in [2.05, 4.69) is 35.0 Å². The van der Waals surface area contributed by atoms with Gasteiger partial charge in [-0.3, -0.25) is 0 Å². The smallest absolute Gasteiger partial charge is 0.150 e. The summed E-state index contributed by atoms with van der Waals surface area (Å²) in [6.45, 7) is 2.29. The summed E-state index contributed by atoms with van der Waals surface area (Å²) in [4.78, 5) is 4.74. The molecule has 1 fully saturated rings. The molecule has 0 amide bonds. The Kier molecular flexibility index (Phi) is 5.70. The van der Waals surface area contributed by atoms with Gasteiger partial charge in [0.05, 0.1) is 5.69 Å². The molecule has 0 saturated carbocycles. The molecule has 2 heterocycles. The van der Waals surface area contributed by atoms with Crippen molar-refractivity contribution < 1.29 is 0 Å². The summed E-state index contributed by atoms with van der Waals surface area (Å²) in [6, 6.07) is 10.4. The number of rotatable bonds is 3. The van der Waals surface area contributed by atoms with Crippen LogP contribution in [0.3, 0.4) is 0 Å². The Morgan fingerprint density at radius 1 is 1.16 bits per heavy atom. The number of hydrogen-bond acceptors (Lipinski definition) is 4. The molecule has 1 aliphatic rings. The average Bonchev–Trinajstić information content (AvgIpc) is 2.89. The second-order valence-corrected chi connectivity index (χ2v) is 6.84. The quantitative estimate of drug-likeness (QED) is 0.924. The molecule has 2 nitrogen and oxygen atoms in total. The summed E-state index contributed by atoms with van der Waals surface area (Å²) in [5.41, 5.74) is 2.32. The first-order valence-electron chi connectivity index (χ1n) is 6.30. The van der Waals surface area contributed by atoms with Crippen LogP contribution in [0.5, 0.6) is 0 Å². The number of aromatic nitrogens is 1. The zero-order valence-electron chi connectivity index (χ0n) is 10.5. The van der Waals surface area contributed by atoms with Gasteiger partial charge in [0.15, 0.2) is 4.34 Å². The zero-order chi connectivity index (χ0) is 12.2. The van der Waals surface area contributed by atoms with Gasteiger partial charge in [-0.05, 0) is 25.9 Å². The van der Waals surface area contributed by atoms with Crippen LogP contribution >= 0.6 is 35.5 Å². The first-order valence-corrected chi connectivity index (χ1v) is 8.06. The lowest BCUT2D eigenvalue weighted by atomic mass is 10.2. The van der Waals surface area contributed by atoms with Gasteiger partial charge in [-0.1, -0.05) is 42.1 Å². The Labute approximate surface area is 128 Å². The van der Waals surface area contributed by atoms with E-state index in [1.165, 1.54) is 22.7 Å². The number of halogens is 1. The van der Waals surface area contributed by atoms with Crippen molar-refractivity contribution >= 4 is 35.5 Å². The molecule has 1 aromatic carbocycles. The molecule has 0 aliphatic carbocycles. The maximum Gasteiger partial charge on any atom is 0.150 e. The van der Waals surface area contributed by atoms with Gasteiger partial charge in [0.2, 0.25) is 0 Å². The van der Waals surface area contributed by atoms with Crippen LogP contribution in [0, 0.1) is 0 Å². The fourth-order valence-corrected chi connectivity index (χ4v) is 4.34. The minimum absolute atomic E-state index is 0. The topological polar surface area (TPSA) is 24.9 Å². The third-order valence-corrected chi connectivity index (χ3v) is 5.42. The van der Waals surface area contributed by atoms with Crippen LogP contribution in [-0.4, -0.2) is 23.3 Å². The fourth-order valence-electron chi connectivity index (χ4n) is 2.11. The lowest BCUT2D eigenvalue weighted by molar-refractivity contribution is 0.531. The van der Waals surface area contributed by atoms with E-state index in [4.69, 9.17) is 4.98 Å². The average molecular weight is 313 g/mol. The van der Waals surface area contributed by atoms with Crippen LogP contribution in [0.4, 0.5) is 0 Å². The summed E-state index contributed by atoms with van der Waals surface area (Å²) in [5, 5.41) is 6.30. The molecule has 1 saturated heterocycles. The normalized spacial score (nSPS) is 16.0. The lowest BCUT2D eigenvalue weighted by Crippen LogP contribution is -2.29. The molecule has 1 aliphatic heterocycles. The summed E-state index contributed by atoms with van der Waals surface area (Å²) in [5.74, 6) is 0. The Balaban J connectivity index is 0.00000133. The van der Waals surface area contributed by atoms with Gasteiger partial charge in [-0.2, -0.15) is 0 Å². The molecule has 102 valence electrons. The van der Waals surface area contributed by atoms with Gasteiger partial charge >= 0.3 is 0 Å². The number of nitrogens with one attached hydrogen (secondary N) is 1. The number of thiazole rings is 1. The molecular formula is C14H17ClN2S2. The molecule has 0 atom stereocenters. The summed E-state index contributed by atoms with van der Waals surface area (Å²) in [7, 11) is 0. The molecule has 0 unspecified atom stereocenters. The van der Waals surface area contributed by atoms with Crippen LogP contribution in [0.2, 0.25) is 0 Å². The first-order chi connectivity index (χ1) is 8.92. The second-order valence-electron chi connectivity index (χ2n) is 4.43. The fraction of sp³-hybridized carbons (Fsp3) is 0.357. The van der Waals surface area contributed by atoms with Crippen molar-refractivity contribution in [2.24, 2.45) is 0 Å². The van der Waals surface area contributed by atoms with E-state index in [0.29, 0.717) is 0 Å². The molecule has 0 radical (unpaired) electrons. The minimum Gasteiger partial charge on any atom is -0.317 e. The molecule has 2 aromatic rings. The van der Waals surface area contributed by atoms with E-state index in [0.717, 1.165) is 24.0 Å². The van der Waals surface area contributed by atoms with Gasteiger partial charge in [-0.15, -0.1) is 23.7 Å². The third-order valence-electron chi connectivity index (χ3n) is 3.11. The molecule has 3 rings (SSSR count). The van der Waals surface area contributed by atoms with Crippen molar-refractivity contribution in [2.45, 2.75) is 22.4 Å². The lowest BCUT2D eigenvalue weighted by Gasteiger charge is -2.20. The SMILES string of the molecule is Cl.c1ccc(-c2csc(SC3CCNCC3)n2)cc1. The number of piperidine rings is 1. The maximum atomic E-state index is 4.74. The number of hydrogen-bond donors (Lipinski definition) is 1. The molecule has 0 bridgehead atoms. The van der Waals surface area contributed by atoms with Crippen molar-refractivity contribution in [1.82, 2.24) is 10.3 Å². The van der Waals surface area contributed by atoms with Crippen molar-refractivity contribution in [3.63, 3.8) is 0 Å². The van der Waals surface area contributed by atoms with Gasteiger partial charge in [0.1, 0.15) is 0 Å². The zero-order valence-corrected chi connectivity index (χ0v) is 13.0. The summed E-state index contributed by atoms with van der Waals surface area (Å²) in [6.07, 6.45) is 2.51. The molecular weight excluding hydrogens is 296 g/mol. The van der Waals surface area contributed by atoms with E-state index in [1.807, 2.05) is 17.8 Å². The minimum atomic E-state index is 0.